The highest BCUT2D eigenvalue weighted by Gasteiger charge is 1.88. The molecule has 0 radical (unpaired) electrons. The third kappa shape index (κ3) is 4190. The minimum atomic E-state index is -3.72. The van der Waals surface area contributed by atoms with E-state index in [0.29, 0.717) is 0 Å². The maximum atomic E-state index is 9.16. The first-order valence-corrected chi connectivity index (χ1v) is 4.59. The monoisotopic (exact) mass is 178 g/mol. The Morgan fingerprint density at radius 1 is 1.38 bits per heavy atom. The predicted molar refractivity (Wildman–Crippen MR) is 32.4 cm³/mol. The Morgan fingerprint density at radius 2 is 1.38 bits per heavy atom. The molecule has 0 aliphatic rings. The summed E-state index contributed by atoms with van der Waals surface area (Å²) < 4.78 is 18.3. The number of halogens is 2. The van der Waals surface area contributed by atoms with Crippen LogP contribution in [0.25, 0.3) is 0 Å². The standard InChI is InChI=1S/C2H4O.Cl2O2S/c1-2-3;1-5(2,3)4/h2H,1H3;. The van der Waals surface area contributed by atoms with Gasteiger partial charge in [-0.3, -0.25) is 0 Å². The molecular formula is C2H4Cl2O3S. The Morgan fingerprint density at radius 3 is 1.38 bits per heavy atom. The molecule has 50 valence electrons. The van der Waals surface area contributed by atoms with E-state index >= 15 is 0 Å². The minimum Gasteiger partial charge on any atom is -0.304 e. The van der Waals surface area contributed by atoms with E-state index in [9.17, 15) is 0 Å². The number of aldehydes is 1. The first-order valence-electron chi connectivity index (χ1n) is 1.45. The highest BCUT2D eigenvalue weighted by Crippen LogP contribution is 1.98. The molecule has 0 bridgehead atoms. The van der Waals surface area contributed by atoms with Gasteiger partial charge in [0, 0.05) is 21.4 Å². The van der Waals surface area contributed by atoms with Crippen molar-refractivity contribution in [2.24, 2.45) is 0 Å². The summed E-state index contributed by atoms with van der Waals surface area (Å²) in [6.45, 7) is 1.44. The zero-order valence-electron chi connectivity index (χ0n) is 3.97. The Balaban J connectivity index is 0. The maximum Gasteiger partial charge on any atom is 0.317 e. The maximum absolute atomic E-state index is 9.16. The van der Waals surface area contributed by atoms with Crippen molar-refractivity contribution in [3.05, 3.63) is 0 Å². The number of carbonyl (C=O) groups excluding carboxylic acids is 1. The van der Waals surface area contributed by atoms with Crippen molar-refractivity contribution < 1.29 is 13.2 Å². The van der Waals surface area contributed by atoms with Gasteiger partial charge in [-0.2, -0.15) is 8.42 Å². The Kier molecular flexibility index (Phi) is 7.38. The van der Waals surface area contributed by atoms with Crippen molar-refractivity contribution >= 4 is 35.9 Å². The van der Waals surface area contributed by atoms with Crippen molar-refractivity contribution in [3.8, 4) is 0 Å². The van der Waals surface area contributed by atoms with Gasteiger partial charge in [-0.1, -0.05) is 0 Å². The van der Waals surface area contributed by atoms with Gasteiger partial charge in [0.05, 0.1) is 0 Å². The van der Waals surface area contributed by atoms with Crippen LogP contribution < -0.4 is 0 Å². The zero-order valence-corrected chi connectivity index (χ0v) is 6.29. The average molecular weight is 179 g/mol. The van der Waals surface area contributed by atoms with Crippen LogP contribution in [0.3, 0.4) is 0 Å². The molecule has 0 saturated carbocycles. The molecule has 0 aromatic heterocycles. The summed E-state index contributed by atoms with van der Waals surface area (Å²) in [4.78, 5) is 8.81. The molecule has 0 aliphatic heterocycles. The topological polar surface area (TPSA) is 51.2 Å². The number of carbonyl (C=O) groups is 1. The molecule has 0 aromatic carbocycles. The Hall–Kier alpha value is 0.200. The summed E-state index contributed by atoms with van der Waals surface area (Å²) in [5.74, 6) is 0. The van der Waals surface area contributed by atoms with E-state index in [0.717, 1.165) is 6.29 Å². The van der Waals surface area contributed by atoms with Gasteiger partial charge in [0.2, 0.25) is 0 Å². The highest BCUT2D eigenvalue weighted by atomic mass is 36.0. The van der Waals surface area contributed by atoms with E-state index in [-0.39, 0.29) is 0 Å². The first kappa shape index (κ1) is 11.1. The quantitative estimate of drug-likeness (QED) is 0.410. The van der Waals surface area contributed by atoms with Gasteiger partial charge in [-0.15, -0.1) is 0 Å². The lowest BCUT2D eigenvalue weighted by molar-refractivity contribution is -0.106. The van der Waals surface area contributed by atoms with Crippen LogP contribution >= 0.6 is 21.4 Å². The molecule has 0 spiro atoms. The van der Waals surface area contributed by atoms with Gasteiger partial charge >= 0.3 is 8.26 Å². The zero-order chi connectivity index (χ0) is 7.21. The van der Waals surface area contributed by atoms with Crippen molar-refractivity contribution in [1.29, 1.82) is 0 Å². The molecule has 0 heterocycles. The molecule has 0 unspecified atom stereocenters. The van der Waals surface area contributed by atoms with E-state index < -0.39 is 8.26 Å². The van der Waals surface area contributed by atoms with Gasteiger partial charge in [0.25, 0.3) is 0 Å². The van der Waals surface area contributed by atoms with Crippen LogP contribution in [0.5, 0.6) is 0 Å². The Bertz CT molecular complexity index is 129. The number of hydrogen-bond acceptors (Lipinski definition) is 3. The first-order chi connectivity index (χ1) is 3.41. The molecular weight excluding hydrogens is 175 g/mol. The molecule has 0 fully saturated rings. The van der Waals surface area contributed by atoms with Crippen LogP contribution in [0.15, 0.2) is 0 Å². The summed E-state index contributed by atoms with van der Waals surface area (Å²) in [7, 11) is 4.81. The van der Waals surface area contributed by atoms with E-state index in [4.69, 9.17) is 13.2 Å². The molecule has 0 aliphatic carbocycles. The lowest BCUT2D eigenvalue weighted by atomic mass is 11.0. The fraction of sp³-hybridized carbons (Fsp3) is 0.500. The fourth-order valence-corrected chi connectivity index (χ4v) is 0. The van der Waals surface area contributed by atoms with Crippen LogP contribution in [0.2, 0.25) is 0 Å². The van der Waals surface area contributed by atoms with Gasteiger partial charge in [0.1, 0.15) is 6.29 Å². The van der Waals surface area contributed by atoms with Crippen LogP contribution in [-0.2, 0) is 13.1 Å². The molecule has 3 nitrogen and oxygen atoms in total. The molecule has 8 heavy (non-hydrogen) atoms. The molecule has 0 N–H and O–H groups in total. The smallest absolute Gasteiger partial charge is 0.304 e. The van der Waals surface area contributed by atoms with Gasteiger partial charge in [-0.05, 0) is 6.92 Å². The third-order valence-corrected chi connectivity index (χ3v) is 0. The summed E-state index contributed by atoms with van der Waals surface area (Å²) in [6, 6.07) is 0. The predicted octanol–water partition coefficient (Wildman–Crippen LogP) is 0.914. The SMILES string of the molecule is CC=O.O=S(=O)(Cl)Cl. The van der Waals surface area contributed by atoms with Crippen LogP contribution in [0, 0.1) is 0 Å². The number of hydrogen-bond donors (Lipinski definition) is 0. The van der Waals surface area contributed by atoms with Gasteiger partial charge in [0.15, 0.2) is 0 Å². The molecule has 0 saturated heterocycles. The number of rotatable bonds is 0. The summed E-state index contributed by atoms with van der Waals surface area (Å²) >= 11 is 0. The fourth-order valence-electron chi connectivity index (χ4n) is 0. The van der Waals surface area contributed by atoms with E-state index in [1.165, 1.54) is 6.92 Å². The molecule has 0 amide bonds. The third-order valence-electron chi connectivity index (χ3n) is 0. The minimum absolute atomic E-state index is 0.750. The summed E-state index contributed by atoms with van der Waals surface area (Å²) in [6.07, 6.45) is 0.750. The van der Waals surface area contributed by atoms with Crippen LogP contribution in [0.4, 0.5) is 0 Å². The van der Waals surface area contributed by atoms with Gasteiger partial charge < -0.3 is 4.79 Å². The van der Waals surface area contributed by atoms with E-state index in [1.54, 1.807) is 0 Å². The van der Waals surface area contributed by atoms with Crippen molar-refractivity contribution in [2.45, 2.75) is 6.92 Å². The van der Waals surface area contributed by atoms with E-state index in [2.05, 4.69) is 21.4 Å². The highest BCUT2D eigenvalue weighted by molar-refractivity contribution is 8.31. The van der Waals surface area contributed by atoms with Gasteiger partial charge in [-0.25, -0.2) is 0 Å². The molecule has 0 aromatic rings. The largest absolute Gasteiger partial charge is 0.317 e. The normalized spacial score (nSPS) is 8.88. The second-order valence-corrected chi connectivity index (χ2v) is 4.28. The summed E-state index contributed by atoms with van der Waals surface area (Å²) in [5, 5.41) is 0. The van der Waals surface area contributed by atoms with Crippen molar-refractivity contribution in [1.82, 2.24) is 0 Å². The molecule has 0 atom stereocenters. The second kappa shape index (κ2) is 5.34. The van der Waals surface area contributed by atoms with Crippen LogP contribution in [0.1, 0.15) is 6.92 Å². The lowest BCUT2D eigenvalue weighted by Crippen LogP contribution is -1.63. The molecule has 0 rings (SSSR count). The lowest BCUT2D eigenvalue weighted by Gasteiger charge is -1.61. The van der Waals surface area contributed by atoms with Crippen molar-refractivity contribution in [3.63, 3.8) is 0 Å². The van der Waals surface area contributed by atoms with E-state index in [1.807, 2.05) is 0 Å². The Labute approximate surface area is 56.5 Å². The average Bonchev–Trinajstić information content (AvgIpc) is 1.27. The second-order valence-electron chi connectivity index (χ2n) is 0.614. The van der Waals surface area contributed by atoms with Crippen LogP contribution in [-0.4, -0.2) is 14.7 Å². The summed E-state index contributed by atoms with van der Waals surface area (Å²) in [5.41, 5.74) is 0. The molecule has 6 heteroatoms. The van der Waals surface area contributed by atoms with Crippen molar-refractivity contribution in [2.75, 3.05) is 0 Å².